The van der Waals surface area contributed by atoms with Crippen molar-refractivity contribution in [2.24, 2.45) is 0 Å². The van der Waals surface area contributed by atoms with E-state index in [2.05, 4.69) is 0 Å². The monoisotopic (exact) mass is 386 g/mol. The molecule has 1 heterocycles. The molecule has 4 nitrogen and oxygen atoms in total. The highest BCUT2D eigenvalue weighted by Crippen LogP contribution is 2.40. The number of halogens is 1. The van der Waals surface area contributed by atoms with Gasteiger partial charge in [0.05, 0.1) is 16.9 Å². The molecule has 0 spiro atoms. The molecule has 3 rings (SSSR count). The second-order valence-corrected chi connectivity index (χ2v) is 6.95. The van der Waals surface area contributed by atoms with E-state index in [9.17, 15) is 9.59 Å². The minimum atomic E-state index is -0.443. The van der Waals surface area contributed by atoms with Crippen LogP contribution >= 0.6 is 22.9 Å². The third-order valence-electron chi connectivity index (χ3n) is 3.63. The SMILES string of the molecule is COc1ccc(C(=O)c2cc(OC(C)=O)c(-c3ccc(Cl)cc3)s2)cc1. The van der Waals surface area contributed by atoms with Gasteiger partial charge in [0.1, 0.15) is 11.5 Å². The Morgan fingerprint density at radius 2 is 1.65 bits per heavy atom. The molecule has 0 fully saturated rings. The van der Waals surface area contributed by atoms with Crippen LogP contribution in [0.3, 0.4) is 0 Å². The highest BCUT2D eigenvalue weighted by Gasteiger charge is 2.19. The fourth-order valence-electron chi connectivity index (χ4n) is 2.40. The zero-order valence-corrected chi connectivity index (χ0v) is 15.7. The lowest BCUT2D eigenvalue weighted by Crippen LogP contribution is -2.01. The lowest BCUT2D eigenvalue weighted by Gasteiger charge is -2.03. The van der Waals surface area contributed by atoms with Crippen molar-refractivity contribution in [3.8, 4) is 21.9 Å². The van der Waals surface area contributed by atoms with Gasteiger partial charge in [0.15, 0.2) is 0 Å². The normalized spacial score (nSPS) is 10.4. The summed E-state index contributed by atoms with van der Waals surface area (Å²) in [6, 6.07) is 15.6. The van der Waals surface area contributed by atoms with Crippen LogP contribution in [0.4, 0.5) is 0 Å². The minimum absolute atomic E-state index is 0.147. The van der Waals surface area contributed by atoms with Gasteiger partial charge in [0.2, 0.25) is 5.78 Å². The third kappa shape index (κ3) is 3.95. The molecule has 0 aliphatic heterocycles. The van der Waals surface area contributed by atoms with Crippen molar-refractivity contribution in [1.29, 1.82) is 0 Å². The molecule has 132 valence electrons. The summed E-state index contributed by atoms with van der Waals surface area (Å²) < 4.78 is 10.4. The average Bonchev–Trinajstić information content (AvgIpc) is 3.05. The number of ketones is 1. The van der Waals surface area contributed by atoms with E-state index in [0.717, 1.165) is 5.56 Å². The van der Waals surface area contributed by atoms with Crippen molar-refractivity contribution < 1.29 is 19.1 Å². The number of ether oxygens (including phenoxy) is 2. The Bertz CT molecular complexity index is 943. The van der Waals surface area contributed by atoms with E-state index in [0.29, 0.717) is 31.8 Å². The molecular weight excluding hydrogens is 372 g/mol. The summed E-state index contributed by atoms with van der Waals surface area (Å²) in [5.41, 5.74) is 1.36. The summed E-state index contributed by atoms with van der Waals surface area (Å²) in [5.74, 6) is 0.449. The molecule has 0 saturated heterocycles. The first-order valence-electron chi connectivity index (χ1n) is 7.75. The summed E-state index contributed by atoms with van der Waals surface area (Å²) in [5, 5.41) is 0.605. The van der Waals surface area contributed by atoms with Gasteiger partial charge in [0, 0.05) is 23.6 Å². The molecule has 0 N–H and O–H groups in total. The van der Waals surface area contributed by atoms with Crippen LogP contribution < -0.4 is 9.47 Å². The van der Waals surface area contributed by atoms with E-state index in [1.807, 2.05) is 12.1 Å². The van der Waals surface area contributed by atoms with Crippen molar-refractivity contribution in [1.82, 2.24) is 0 Å². The maximum absolute atomic E-state index is 12.8. The molecule has 3 aromatic rings. The van der Waals surface area contributed by atoms with Gasteiger partial charge >= 0.3 is 5.97 Å². The Labute approximate surface area is 159 Å². The third-order valence-corrected chi connectivity index (χ3v) is 5.05. The fraction of sp³-hybridized carbons (Fsp3) is 0.100. The van der Waals surface area contributed by atoms with Crippen LogP contribution in [0.1, 0.15) is 22.2 Å². The van der Waals surface area contributed by atoms with Crippen LogP contribution in [0.5, 0.6) is 11.5 Å². The summed E-state index contributed by atoms with van der Waals surface area (Å²) in [6.07, 6.45) is 0. The van der Waals surface area contributed by atoms with E-state index in [1.54, 1.807) is 49.6 Å². The molecule has 0 radical (unpaired) electrons. The van der Waals surface area contributed by atoms with Gasteiger partial charge in [0.25, 0.3) is 0 Å². The predicted molar refractivity (Wildman–Crippen MR) is 103 cm³/mol. The molecular formula is C20H15ClO4S. The molecule has 0 saturated carbocycles. The fourth-order valence-corrected chi connectivity index (χ4v) is 3.58. The van der Waals surface area contributed by atoms with E-state index in [1.165, 1.54) is 18.3 Å². The smallest absolute Gasteiger partial charge is 0.308 e. The quantitative estimate of drug-likeness (QED) is 0.445. The Balaban J connectivity index is 2.00. The van der Waals surface area contributed by atoms with Gasteiger partial charge in [-0.15, -0.1) is 11.3 Å². The average molecular weight is 387 g/mol. The number of rotatable bonds is 5. The second kappa shape index (κ2) is 7.72. The molecule has 2 aromatic carbocycles. The van der Waals surface area contributed by atoms with E-state index in [4.69, 9.17) is 21.1 Å². The summed E-state index contributed by atoms with van der Waals surface area (Å²) in [7, 11) is 1.57. The van der Waals surface area contributed by atoms with Crippen LogP contribution in [0, 0.1) is 0 Å². The van der Waals surface area contributed by atoms with Crippen LogP contribution in [-0.2, 0) is 4.79 Å². The summed E-state index contributed by atoms with van der Waals surface area (Å²) in [6.45, 7) is 1.33. The highest BCUT2D eigenvalue weighted by molar-refractivity contribution is 7.18. The maximum atomic E-state index is 12.8. The minimum Gasteiger partial charge on any atom is -0.497 e. The number of hydrogen-bond donors (Lipinski definition) is 0. The molecule has 26 heavy (non-hydrogen) atoms. The lowest BCUT2D eigenvalue weighted by atomic mass is 10.1. The number of carbonyl (C=O) groups is 2. The Kier molecular flexibility index (Phi) is 5.40. The van der Waals surface area contributed by atoms with Gasteiger partial charge in [-0.2, -0.15) is 0 Å². The number of hydrogen-bond acceptors (Lipinski definition) is 5. The van der Waals surface area contributed by atoms with Gasteiger partial charge in [-0.05, 0) is 42.0 Å². The molecule has 0 unspecified atom stereocenters. The van der Waals surface area contributed by atoms with Crippen molar-refractivity contribution in [3.05, 3.63) is 70.1 Å². The lowest BCUT2D eigenvalue weighted by molar-refractivity contribution is -0.131. The molecule has 6 heteroatoms. The summed E-state index contributed by atoms with van der Waals surface area (Å²) >= 11 is 7.21. The molecule has 0 aliphatic carbocycles. The Hall–Kier alpha value is -2.63. The largest absolute Gasteiger partial charge is 0.497 e. The van der Waals surface area contributed by atoms with E-state index >= 15 is 0 Å². The first kappa shape index (κ1) is 18.2. The molecule has 0 aliphatic rings. The number of carbonyl (C=O) groups excluding carboxylic acids is 2. The first-order chi connectivity index (χ1) is 12.5. The van der Waals surface area contributed by atoms with Gasteiger partial charge in [-0.25, -0.2) is 0 Å². The second-order valence-electron chi connectivity index (χ2n) is 5.46. The van der Waals surface area contributed by atoms with Crippen molar-refractivity contribution in [2.45, 2.75) is 6.92 Å². The Morgan fingerprint density at radius 1 is 1.00 bits per heavy atom. The van der Waals surface area contributed by atoms with E-state index in [-0.39, 0.29) is 5.78 Å². The van der Waals surface area contributed by atoms with E-state index < -0.39 is 5.97 Å². The van der Waals surface area contributed by atoms with Crippen LogP contribution in [0.15, 0.2) is 54.6 Å². The van der Waals surface area contributed by atoms with Crippen LogP contribution in [0.25, 0.3) is 10.4 Å². The van der Waals surface area contributed by atoms with Crippen LogP contribution in [-0.4, -0.2) is 18.9 Å². The van der Waals surface area contributed by atoms with Crippen molar-refractivity contribution in [3.63, 3.8) is 0 Å². The summed E-state index contributed by atoms with van der Waals surface area (Å²) in [4.78, 5) is 25.4. The molecule has 0 bridgehead atoms. The maximum Gasteiger partial charge on any atom is 0.308 e. The topological polar surface area (TPSA) is 52.6 Å². The van der Waals surface area contributed by atoms with Crippen molar-refractivity contribution in [2.75, 3.05) is 7.11 Å². The number of esters is 1. The Morgan fingerprint density at radius 3 is 2.23 bits per heavy atom. The van der Waals surface area contributed by atoms with Crippen LogP contribution in [0.2, 0.25) is 5.02 Å². The zero-order valence-electron chi connectivity index (χ0n) is 14.1. The molecule has 0 amide bonds. The number of methoxy groups -OCH3 is 1. The molecule has 1 aromatic heterocycles. The predicted octanol–water partition coefficient (Wildman–Crippen LogP) is 5.23. The standard InChI is InChI=1S/C20H15ClO4S/c1-12(22)25-17-11-18(19(23)13-5-9-16(24-2)10-6-13)26-20(17)14-3-7-15(21)8-4-14/h3-11H,1-2H3. The highest BCUT2D eigenvalue weighted by atomic mass is 35.5. The van der Waals surface area contributed by atoms with Gasteiger partial charge in [-0.1, -0.05) is 23.7 Å². The van der Waals surface area contributed by atoms with Crippen molar-refractivity contribution >= 4 is 34.7 Å². The van der Waals surface area contributed by atoms with Gasteiger partial charge < -0.3 is 9.47 Å². The van der Waals surface area contributed by atoms with Gasteiger partial charge in [-0.3, -0.25) is 9.59 Å². The number of benzene rings is 2. The molecule has 0 atom stereocenters. The number of thiophene rings is 1. The first-order valence-corrected chi connectivity index (χ1v) is 8.94. The zero-order chi connectivity index (χ0) is 18.7.